The maximum atomic E-state index is 10.5. The fourth-order valence-corrected chi connectivity index (χ4v) is 1.03. The molecule has 0 saturated heterocycles. The van der Waals surface area contributed by atoms with Gasteiger partial charge in [-0.25, -0.2) is 0 Å². The summed E-state index contributed by atoms with van der Waals surface area (Å²) in [5.41, 5.74) is 2.47. The molecule has 0 aromatic rings. The van der Waals surface area contributed by atoms with Crippen molar-refractivity contribution in [3.8, 4) is 0 Å². The molecule has 2 nitrogen and oxygen atoms in total. The van der Waals surface area contributed by atoms with E-state index in [9.17, 15) is 4.79 Å². The molecule has 80 valence electrons. The molecule has 0 aromatic carbocycles. The molecule has 0 heterocycles. The molecular formula is C12H20O2. The Bertz CT molecular complexity index is 222. The average Bonchev–Trinajstić information content (AvgIpc) is 2.02. The Morgan fingerprint density at radius 3 is 2.43 bits per heavy atom. The topological polar surface area (TPSA) is 26.3 Å². The summed E-state index contributed by atoms with van der Waals surface area (Å²) in [6.45, 7) is 9.98. The van der Waals surface area contributed by atoms with Gasteiger partial charge in [-0.2, -0.15) is 0 Å². The van der Waals surface area contributed by atoms with Gasteiger partial charge in [-0.15, -0.1) is 0 Å². The van der Waals surface area contributed by atoms with Crippen LogP contribution in [0.3, 0.4) is 0 Å². The number of allylic oxidation sites excluding steroid dienone is 2. The SMILES string of the molecule is C=C(CCC=C(C)C)CCOC(C)=O. The number of hydrogen-bond donors (Lipinski definition) is 0. The van der Waals surface area contributed by atoms with E-state index < -0.39 is 0 Å². The molecule has 0 N–H and O–H groups in total. The monoisotopic (exact) mass is 196 g/mol. The second kappa shape index (κ2) is 7.36. The lowest BCUT2D eigenvalue weighted by Crippen LogP contribution is -2.01. The molecule has 0 spiro atoms. The van der Waals surface area contributed by atoms with E-state index in [1.807, 2.05) is 0 Å². The van der Waals surface area contributed by atoms with E-state index in [1.54, 1.807) is 0 Å². The predicted octanol–water partition coefficient (Wildman–Crippen LogP) is 3.24. The van der Waals surface area contributed by atoms with Crippen molar-refractivity contribution in [3.05, 3.63) is 23.8 Å². The summed E-state index contributed by atoms with van der Waals surface area (Å²) in [5.74, 6) is -0.220. The Morgan fingerprint density at radius 2 is 1.93 bits per heavy atom. The summed E-state index contributed by atoms with van der Waals surface area (Å²) in [6.07, 6.45) is 4.97. The first-order valence-corrected chi connectivity index (χ1v) is 4.95. The first-order valence-electron chi connectivity index (χ1n) is 4.95. The molecule has 0 aliphatic carbocycles. The second-order valence-corrected chi connectivity index (χ2v) is 3.66. The number of esters is 1. The Morgan fingerprint density at radius 1 is 1.29 bits per heavy atom. The van der Waals surface area contributed by atoms with Gasteiger partial charge in [-0.3, -0.25) is 4.79 Å². The van der Waals surface area contributed by atoms with Gasteiger partial charge in [0.15, 0.2) is 0 Å². The zero-order valence-electron chi connectivity index (χ0n) is 9.43. The lowest BCUT2D eigenvalue weighted by molar-refractivity contribution is -0.140. The highest BCUT2D eigenvalue weighted by Gasteiger charge is 1.96. The molecule has 0 unspecified atom stereocenters. The summed E-state index contributed by atoms with van der Waals surface area (Å²) < 4.78 is 4.82. The fourth-order valence-electron chi connectivity index (χ4n) is 1.03. The van der Waals surface area contributed by atoms with Gasteiger partial charge in [0.2, 0.25) is 0 Å². The van der Waals surface area contributed by atoms with Crippen molar-refractivity contribution in [1.82, 2.24) is 0 Å². The zero-order valence-corrected chi connectivity index (χ0v) is 9.43. The molecule has 0 aliphatic heterocycles. The summed E-state index contributed by atoms with van der Waals surface area (Å²) in [7, 11) is 0. The van der Waals surface area contributed by atoms with E-state index in [0.717, 1.165) is 24.8 Å². The highest BCUT2D eigenvalue weighted by atomic mass is 16.5. The van der Waals surface area contributed by atoms with Crippen LogP contribution in [0.1, 0.15) is 40.0 Å². The maximum Gasteiger partial charge on any atom is 0.302 e. The molecule has 0 saturated carbocycles. The number of rotatable bonds is 6. The molecule has 0 bridgehead atoms. The third-order valence-electron chi connectivity index (χ3n) is 1.81. The van der Waals surface area contributed by atoms with Gasteiger partial charge in [0.1, 0.15) is 0 Å². The highest BCUT2D eigenvalue weighted by molar-refractivity contribution is 5.65. The van der Waals surface area contributed by atoms with Crippen molar-refractivity contribution in [3.63, 3.8) is 0 Å². The Kier molecular flexibility index (Phi) is 6.81. The van der Waals surface area contributed by atoms with Crippen molar-refractivity contribution in [1.29, 1.82) is 0 Å². The second-order valence-electron chi connectivity index (χ2n) is 3.66. The van der Waals surface area contributed by atoms with E-state index in [0.29, 0.717) is 6.61 Å². The summed E-state index contributed by atoms with van der Waals surface area (Å²) in [5, 5.41) is 0. The normalized spacial score (nSPS) is 9.36. The number of carbonyl (C=O) groups excluding carboxylic acids is 1. The first kappa shape index (κ1) is 12.9. The third kappa shape index (κ3) is 9.04. The minimum absolute atomic E-state index is 0.220. The standard InChI is InChI=1S/C12H20O2/c1-10(2)6-5-7-11(3)8-9-14-12(4)13/h6H,3,5,7-9H2,1-2,4H3. The Balaban J connectivity index is 3.47. The largest absolute Gasteiger partial charge is 0.466 e. The number of hydrogen-bond acceptors (Lipinski definition) is 2. The summed E-state index contributed by atoms with van der Waals surface area (Å²) in [4.78, 5) is 10.5. The molecule has 0 amide bonds. The molecule has 2 heteroatoms. The van der Waals surface area contributed by atoms with E-state index in [4.69, 9.17) is 4.74 Å². The van der Waals surface area contributed by atoms with E-state index in [-0.39, 0.29) is 5.97 Å². The van der Waals surface area contributed by atoms with Crippen LogP contribution in [0, 0.1) is 0 Å². The molecule has 0 aromatic heterocycles. The fraction of sp³-hybridized carbons (Fsp3) is 0.583. The van der Waals surface area contributed by atoms with Crippen molar-refractivity contribution in [2.24, 2.45) is 0 Å². The summed E-state index contributed by atoms with van der Waals surface area (Å²) in [6, 6.07) is 0. The number of carbonyl (C=O) groups is 1. The molecule has 14 heavy (non-hydrogen) atoms. The van der Waals surface area contributed by atoms with Crippen molar-refractivity contribution >= 4 is 5.97 Å². The van der Waals surface area contributed by atoms with Crippen LogP contribution in [0.5, 0.6) is 0 Å². The van der Waals surface area contributed by atoms with Crippen molar-refractivity contribution in [2.75, 3.05) is 6.61 Å². The van der Waals surface area contributed by atoms with Gasteiger partial charge in [-0.1, -0.05) is 23.8 Å². The van der Waals surface area contributed by atoms with Crippen LogP contribution in [-0.2, 0) is 9.53 Å². The third-order valence-corrected chi connectivity index (χ3v) is 1.81. The molecule has 0 fully saturated rings. The van der Waals surface area contributed by atoms with Crippen LogP contribution in [0.4, 0.5) is 0 Å². The lowest BCUT2D eigenvalue weighted by atomic mass is 10.1. The van der Waals surface area contributed by atoms with E-state index >= 15 is 0 Å². The van der Waals surface area contributed by atoms with Crippen LogP contribution in [0.15, 0.2) is 23.8 Å². The molecule has 0 radical (unpaired) electrons. The van der Waals surface area contributed by atoms with Gasteiger partial charge in [0.05, 0.1) is 6.61 Å². The van der Waals surface area contributed by atoms with Gasteiger partial charge >= 0.3 is 5.97 Å². The maximum absolute atomic E-state index is 10.5. The van der Waals surface area contributed by atoms with Gasteiger partial charge in [-0.05, 0) is 26.7 Å². The summed E-state index contributed by atoms with van der Waals surface area (Å²) >= 11 is 0. The van der Waals surface area contributed by atoms with Crippen LogP contribution >= 0.6 is 0 Å². The quantitative estimate of drug-likeness (QED) is 0.481. The Hall–Kier alpha value is -1.05. The average molecular weight is 196 g/mol. The van der Waals surface area contributed by atoms with Crippen LogP contribution in [0.25, 0.3) is 0 Å². The van der Waals surface area contributed by atoms with E-state index in [1.165, 1.54) is 12.5 Å². The minimum atomic E-state index is -0.220. The smallest absolute Gasteiger partial charge is 0.302 e. The van der Waals surface area contributed by atoms with Crippen LogP contribution in [-0.4, -0.2) is 12.6 Å². The predicted molar refractivity (Wildman–Crippen MR) is 59.1 cm³/mol. The Labute approximate surface area is 86.6 Å². The molecule has 0 atom stereocenters. The highest BCUT2D eigenvalue weighted by Crippen LogP contribution is 2.09. The van der Waals surface area contributed by atoms with Crippen molar-refractivity contribution < 1.29 is 9.53 Å². The van der Waals surface area contributed by atoms with Gasteiger partial charge < -0.3 is 4.74 Å². The molecular weight excluding hydrogens is 176 g/mol. The van der Waals surface area contributed by atoms with Crippen LogP contribution < -0.4 is 0 Å². The van der Waals surface area contributed by atoms with Crippen LogP contribution in [0.2, 0.25) is 0 Å². The lowest BCUT2D eigenvalue weighted by Gasteiger charge is -2.04. The van der Waals surface area contributed by atoms with E-state index in [2.05, 4.69) is 26.5 Å². The van der Waals surface area contributed by atoms with Crippen molar-refractivity contribution in [2.45, 2.75) is 40.0 Å². The minimum Gasteiger partial charge on any atom is -0.466 e. The molecule has 0 rings (SSSR count). The number of ether oxygens (including phenoxy) is 1. The van der Waals surface area contributed by atoms with Gasteiger partial charge in [0.25, 0.3) is 0 Å². The zero-order chi connectivity index (χ0) is 11.0. The molecule has 0 aliphatic rings. The first-order chi connectivity index (χ1) is 6.52. The van der Waals surface area contributed by atoms with Gasteiger partial charge in [0, 0.05) is 13.3 Å².